The first-order valence-corrected chi connectivity index (χ1v) is 11.4. The molecule has 0 radical (unpaired) electrons. The molecule has 0 spiro atoms. The van der Waals surface area contributed by atoms with Crippen molar-refractivity contribution in [3.63, 3.8) is 0 Å². The predicted octanol–water partition coefficient (Wildman–Crippen LogP) is 3.80. The number of hydrogen-bond donors (Lipinski definition) is 1. The van der Waals surface area contributed by atoms with E-state index in [9.17, 15) is 4.39 Å². The van der Waals surface area contributed by atoms with E-state index < -0.39 is 12.3 Å². The van der Waals surface area contributed by atoms with Gasteiger partial charge in [-0.3, -0.25) is 4.40 Å². The minimum Gasteiger partial charge on any atom is -0.488 e. The van der Waals surface area contributed by atoms with Crippen molar-refractivity contribution < 1.29 is 18.6 Å². The van der Waals surface area contributed by atoms with Gasteiger partial charge < -0.3 is 19.5 Å². The Balaban J connectivity index is 1.32. The van der Waals surface area contributed by atoms with Crippen LogP contribution in [0.4, 0.5) is 4.39 Å². The lowest BCUT2D eigenvalue weighted by atomic mass is 10.1. The van der Waals surface area contributed by atoms with Crippen LogP contribution in [-0.2, 0) is 4.74 Å². The number of para-hydroxylation sites is 1. The van der Waals surface area contributed by atoms with E-state index in [1.807, 2.05) is 53.1 Å². The fourth-order valence-electron chi connectivity index (χ4n) is 4.47. The molecule has 2 aliphatic heterocycles. The second-order valence-electron chi connectivity index (χ2n) is 8.53. The Morgan fingerprint density at radius 1 is 1.12 bits per heavy atom. The minimum absolute atomic E-state index is 0.0892. The molecule has 1 N–H and O–H groups in total. The lowest BCUT2D eigenvalue weighted by Crippen LogP contribution is -2.44. The second-order valence-corrected chi connectivity index (χ2v) is 8.53. The third-order valence-corrected chi connectivity index (χ3v) is 6.25. The highest BCUT2D eigenvalue weighted by Crippen LogP contribution is 2.30. The summed E-state index contributed by atoms with van der Waals surface area (Å²) in [5.74, 6) is 1.38. The molecule has 7 nitrogen and oxygen atoms in total. The van der Waals surface area contributed by atoms with Gasteiger partial charge >= 0.3 is 0 Å². The molecule has 0 saturated carbocycles. The van der Waals surface area contributed by atoms with Crippen LogP contribution >= 0.6 is 0 Å². The molecule has 8 heteroatoms. The summed E-state index contributed by atoms with van der Waals surface area (Å²) in [6, 6.07) is 13.6. The van der Waals surface area contributed by atoms with Gasteiger partial charge in [0, 0.05) is 30.6 Å². The monoisotopic (exact) mass is 448 g/mol. The Morgan fingerprint density at radius 3 is 2.97 bits per heavy atom. The highest BCUT2D eigenvalue weighted by Gasteiger charge is 2.27. The van der Waals surface area contributed by atoms with Gasteiger partial charge in [-0.2, -0.15) is 0 Å². The largest absolute Gasteiger partial charge is 0.488 e. The van der Waals surface area contributed by atoms with Gasteiger partial charge in [-0.25, -0.2) is 14.4 Å². The summed E-state index contributed by atoms with van der Waals surface area (Å²) in [7, 11) is 0. The summed E-state index contributed by atoms with van der Waals surface area (Å²) in [6.45, 7) is 2.42. The number of imidazole rings is 1. The zero-order chi connectivity index (χ0) is 22.2. The Labute approximate surface area is 190 Å². The average molecular weight is 448 g/mol. The summed E-state index contributed by atoms with van der Waals surface area (Å²) >= 11 is 0. The van der Waals surface area contributed by atoms with Crippen LogP contribution < -0.4 is 14.8 Å². The van der Waals surface area contributed by atoms with Gasteiger partial charge in [-0.1, -0.05) is 18.2 Å². The quantitative estimate of drug-likeness (QED) is 0.501. The van der Waals surface area contributed by atoms with Crippen LogP contribution in [0.5, 0.6) is 11.5 Å². The van der Waals surface area contributed by atoms with Crippen molar-refractivity contribution >= 4 is 16.6 Å². The molecular weight excluding hydrogens is 423 g/mol. The molecule has 1 unspecified atom stereocenters. The third kappa shape index (κ3) is 4.00. The SMILES string of the molecule is F[C@H]1CNCCC1Oc1cccc2ccc(-c3cnc4cc(O[C@@H]5CCOC5)ccn34)nc12. The molecule has 170 valence electrons. The van der Waals surface area contributed by atoms with Crippen LogP contribution in [0.15, 0.2) is 54.9 Å². The number of nitrogens with zero attached hydrogens (tertiary/aromatic N) is 3. The van der Waals surface area contributed by atoms with Gasteiger partial charge in [-0.15, -0.1) is 0 Å². The smallest absolute Gasteiger partial charge is 0.149 e. The number of ether oxygens (including phenoxy) is 3. The maximum absolute atomic E-state index is 14.3. The van der Waals surface area contributed by atoms with Gasteiger partial charge in [0.2, 0.25) is 0 Å². The first kappa shape index (κ1) is 20.4. The number of fused-ring (bicyclic) bond motifs is 2. The number of aromatic nitrogens is 3. The Hall–Kier alpha value is -3.23. The Bertz CT molecular complexity index is 1290. The minimum atomic E-state index is -1.04. The maximum atomic E-state index is 14.3. The van der Waals surface area contributed by atoms with Gasteiger partial charge in [0.05, 0.1) is 30.8 Å². The van der Waals surface area contributed by atoms with Crippen LogP contribution in [0.1, 0.15) is 12.8 Å². The second kappa shape index (κ2) is 8.61. The lowest BCUT2D eigenvalue weighted by molar-refractivity contribution is 0.0743. The van der Waals surface area contributed by atoms with E-state index in [0.717, 1.165) is 53.3 Å². The zero-order valence-electron chi connectivity index (χ0n) is 18.1. The molecule has 3 aromatic heterocycles. The fraction of sp³-hybridized carbons (Fsp3) is 0.360. The molecule has 5 heterocycles. The number of piperidine rings is 1. The van der Waals surface area contributed by atoms with Crippen molar-refractivity contribution in [2.24, 2.45) is 0 Å². The van der Waals surface area contributed by atoms with E-state index in [1.165, 1.54) is 0 Å². The maximum Gasteiger partial charge on any atom is 0.149 e. The number of pyridine rings is 2. The lowest BCUT2D eigenvalue weighted by Gasteiger charge is -2.27. The van der Waals surface area contributed by atoms with E-state index in [1.54, 1.807) is 6.20 Å². The van der Waals surface area contributed by atoms with E-state index in [0.29, 0.717) is 25.3 Å². The van der Waals surface area contributed by atoms with Crippen LogP contribution in [0.2, 0.25) is 0 Å². The van der Waals surface area contributed by atoms with E-state index in [-0.39, 0.29) is 6.10 Å². The summed E-state index contributed by atoms with van der Waals surface area (Å²) < 4.78 is 33.8. The van der Waals surface area contributed by atoms with Crippen LogP contribution in [0.25, 0.3) is 27.9 Å². The molecule has 0 amide bonds. The fourth-order valence-corrected chi connectivity index (χ4v) is 4.47. The first-order valence-electron chi connectivity index (χ1n) is 11.4. The average Bonchev–Trinajstić information content (AvgIpc) is 3.50. The highest BCUT2D eigenvalue weighted by atomic mass is 19.1. The van der Waals surface area contributed by atoms with Crippen molar-refractivity contribution in [2.75, 3.05) is 26.3 Å². The molecule has 6 rings (SSSR count). The Kier molecular flexibility index (Phi) is 5.32. The molecule has 4 aromatic rings. The number of nitrogens with one attached hydrogen (secondary N) is 1. The van der Waals surface area contributed by atoms with Crippen molar-refractivity contribution in [3.8, 4) is 22.9 Å². The molecule has 2 fully saturated rings. The third-order valence-electron chi connectivity index (χ3n) is 6.25. The van der Waals surface area contributed by atoms with Crippen molar-refractivity contribution in [1.82, 2.24) is 19.7 Å². The normalized spacial score (nSPS) is 23.2. The van der Waals surface area contributed by atoms with Crippen molar-refractivity contribution in [2.45, 2.75) is 31.2 Å². The molecular formula is C25H25FN4O3. The number of halogens is 1. The molecule has 33 heavy (non-hydrogen) atoms. The molecule has 2 saturated heterocycles. The predicted molar refractivity (Wildman–Crippen MR) is 123 cm³/mol. The van der Waals surface area contributed by atoms with E-state index >= 15 is 0 Å². The van der Waals surface area contributed by atoms with Crippen LogP contribution in [0, 0.1) is 0 Å². The van der Waals surface area contributed by atoms with Gasteiger partial charge in [0.25, 0.3) is 0 Å². The van der Waals surface area contributed by atoms with E-state index in [4.69, 9.17) is 19.2 Å². The summed E-state index contributed by atoms with van der Waals surface area (Å²) in [5, 5.41) is 4.01. The topological polar surface area (TPSA) is 69.9 Å². The van der Waals surface area contributed by atoms with Gasteiger partial charge in [-0.05, 0) is 31.2 Å². The van der Waals surface area contributed by atoms with Gasteiger partial charge in [0.15, 0.2) is 0 Å². The Morgan fingerprint density at radius 2 is 2.09 bits per heavy atom. The molecule has 0 aliphatic carbocycles. The van der Waals surface area contributed by atoms with Crippen LogP contribution in [-0.4, -0.2) is 59.1 Å². The summed E-state index contributed by atoms with van der Waals surface area (Å²) in [5.41, 5.74) is 3.13. The van der Waals surface area contributed by atoms with Gasteiger partial charge in [0.1, 0.15) is 41.0 Å². The number of alkyl halides is 1. The summed E-state index contributed by atoms with van der Waals surface area (Å²) in [4.78, 5) is 9.45. The molecule has 0 bridgehead atoms. The standard InChI is InChI=1S/C25H25FN4O3/c26-19-13-27-9-6-22(19)33-23-3-1-2-16-4-5-20(29-25(16)23)21-14-28-24-12-17(7-10-30(21)24)32-18-8-11-31-15-18/h1-5,7,10,12,14,18-19,22,27H,6,8-9,11,13,15H2/t18-,19+,22?/m1/s1. The number of benzene rings is 1. The van der Waals surface area contributed by atoms with Crippen LogP contribution in [0.3, 0.4) is 0 Å². The number of rotatable bonds is 5. The first-order chi connectivity index (χ1) is 16.2. The van der Waals surface area contributed by atoms with E-state index in [2.05, 4.69) is 10.3 Å². The van der Waals surface area contributed by atoms with Crippen molar-refractivity contribution in [1.29, 1.82) is 0 Å². The molecule has 3 atom stereocenters. The summed E-state index contributed by atoms with van der Waals surface area (Å²) in [6.07, 6.45) is 3.86. The molecule has 1 aromatic carbocycles. The zero-order valence-corrected chi connectivity index (χ0v) is 18.1. The highest BCUT2D eigenvalue weighted by molar-refractivity contribution is 5.86. The molecule has 2 aliphatic rings. The van der Waals surface area contributed by atoms with Crippen molar-refractivity contribution in [3.05, 3.63) is 54.9 Å². The number of hydrogen-bond acceptors (Lipinski definition) is 6.